The number of carboxylic acids is 1. The van der Waals surface area contributed by atoms with Gasteiger partial charge in [0.15, 0.2) is 0 Å². The lowest BCUT2D eigenvalue weighted by Crippen LogP contribution is -2.46. The standard InChI is InChI=1S/C21H29NO5/c23-19(22-15-21(20(24)25)10-12-26-13-11-21)9-8-16-4-3-7-18(14-16)27-17-5-1-2-6-17/h3-4,7,14,17H,1-2,5-6,8-13,15H2,(H,22,23)(H,24,25). The van der Waals surface area contributed by atoms with E-state index < -0.39 is 11.4 Å². The second-order valence-corrected chi connectivity index (χ2v) is 7.65. The van der Waals surface area contributed by atoms with Gasteiger partial charge in [-0.05, 0) is 62.6 Å². The number of carboxylic acid groups (broad SMARTS) is 1. The normalized spacial score (nSPS) is 19.6. The van der Waals surface area contributed by atoms with Crippen molar-refractivity contribution >= 4 is 11.9 Å². The third-order valence-electron chi connectivity index (χ3n) is 5.67. The van der Waals surface area contributed by atoms with E-state index in [9.17, 15) is 14.7 Å². The number of ether oxygens (including phenoxy) is 2. The molecule has 6 nitrogen and oxygen atoms in total. The van der Waals surface area contributed by atoms with Crippen LogP contribution in [0, 0.1) is 5.41 Å². The Balaban J connectivity index is 1.46. The first-order valence-corrected chi connectivity index (χ1v) is 9.91. The molecule has 1 heterocycles. The average Bonchev–Trinajstić information content (AvgIpc) is 3.18. The molecule has 2 N–H and O–H groups in total. The molecule has 0 spiro atoms. The van der Waals surface area contributed by atoms with Crippen LogP contribution >= 0.6 is 0 Å². The van der Waals surface area contributed by atoms with Gasteiger partial charge in [-0.2, -0.15) is 0 Å². The van der Waals surface area contributed by atoms with Crippen molar-refractivity contribution in [3.8, 4) is 5.75 Å². The molecule has 2 fully saturated rings. The number of aryl methyl sites for hydroxylation is 1. The van der Waals surface area contributed by atoms with Crippen LogP contribution in [-0.4, -0.2) is 42.8 Å². The Bertz CT molecular complexity index is 648. The molecular weight excluding hydrogens is 346 g/mol. The van der Waals surface area contributed by atoms with Gasteiger partial charge < -0.3 is 19.9 Å². The van der Waals surface area contributed by atoms with E-state index >= 15 is 0 Å². The first kappa shape index (κ1) is 19.7. The summed E-state index contributed by atoms with van der Waals surface area (Å²) in [4.78, 5) is 23.8. The number of benzene rings is 1. The van der Waals surface area contributed by atoms with Crippen molar-refractivity contribution in [3.05, 3.63) is 29.8 Å². The van der Waals surface area contributed by atoms with Gasteiger partial charge in [-0.1, -0.05) is 12.1 Å². The number of amides is 1. The SMILES string of the molecule is O=C(CCc1cccc(OC2CCCC2)c1)NCC1(C(=O)O)CCOCC1. The number of hydrogen-bond donors (Lipinski definition) is 2. The van der Waals surface area contributed by atoms with Crippen molar-refractivity contribution in [2.24, 2.45) is 5.41 Å². The molecule has 0 radical (unpaired) electrons. The molecule has 0 unspecified atom stereocenters. The van der Waals surface area contributed by atoms with E-state index in [2.05, 4.69) is 5.32 Å². The zero-order valence-corrected chi connectivity index (χ0v) is 15.7. The van der Waals surface area contributed by atoms with E-state index in [0.717, 1.165) is 24.2 Å². The Kier molecular flexibility index (Phi) is 6.72. The fraction of sp³-hybridized carbons (Fsp3) is 0.619. The quantitative estimate of drug-likeness (QED) is 0.730. The smallest absolute Gasteiger partial charge is 0.311 e. The predicted molar refractivity (Wildman–Crippen MR) is 101 cm³/mol. The van der Waals surface area contributed by atoms with Crippen molar-refractivity contribution in [3.63, 3.8) is 0 Å². The molecule has 1 aromatic rings. The Morgan fingerprint density at radius 1 is 1.22 bits per heavy atom. The molecule has 1 saturated heterocycles. The second-order valence-electron chi connectivity index (χ2n) is 7.65. The lowest BCUT2D eigenvalue weighted by atomic mass is 9.80. The van der Waals surface area contributed by atoms with Gasteiger partial charge in [-0.15, -0.1) is 0 Å². The van der Waals surface area contributed by atoms with Crippen molar-refractivity contribution in [1.82, 2.24) is 5.32 Å². The summed E-state index contributed by atoms with van der Waals surface area (Å²) in [6, 6.07) is 7.91. The number of nitrogens with one attached hydrogen (secondary N) is 1. The summed E-state index contributed by atoms with van der Waals surface area (Å²) in [5, 5.41) is 12.3. The summed E-state index contributed by atoms with van der Waals surface area (Å²) in [5.41, 5.74) is 0.155. The summed E-state index contributed by atoms with van der Waals surface area (Å²) in [7, 11) is 0. The summed E-state index contributed by atoms with van der Waals surface area (Å²) in [6.07, 6.45) is 6.81. The first-order chi connectivity index (χ1) is 13.1. The van der Waals surface area contributed by atoms with Crippen LogP contribution < -0.4 is 10.1 Å². The van der Waals surface area contributed by atoms with Crippen molar-refractivity contribution in [2.45, 2.75) is 57.5 Å². The van der Waals surface area contributed by atoms with Crippen LogP contribution in [0.2, 0.25) is 0 Å². The third kappa shape index (κ3) is 5.45. The van der Waals surface area contributed by atoms with Crippen LogP contribution in [-0.2, 0) is 20.7 Å². The van der Waals surface area contributed by atoms with Gasteiger partial charge in [0.05, 0.1) is 11.5 Å². The third-order valence-corrected chi connectivity index (χ3v) is 5.67. The van der Waals surface area contributed by atoms with Gasteiger partial charge in [0, 0.05) is 26.2 Å². The highest BCUT2D eigenvalue weighted by atomic mass is 16.5. The fourth-order valence-electron chi connectivity index (χ4n) is 3.82. The summed E-state index contributed by atoms with van der Waals surface area (Å²) < 4.78 is 11.3. The van der Waals surface area contributed by atoms with Crippen molar-refractivity contribution < 1.29 is 24.2 Å². The fourth-order valence-corrected chi connectivity index (χ4v) is 3.82. The molecular formula is C21H29NO5. The largest absolute Gasteiger partial charge is 0.490 e. The average molecular weight is 375 g/mol. The summed E-state index contributed by atoms with van der Waals surface area (Å²) >= 11 is 0. The van der Waals surface area contributed by atoms with Crippen LogP contribution in [0.3, 0.4) is 0 Å². The number of carbonyl (C=O) groups is 2. The van der Waals surface area contributed by atoms with Gasteiger partial charge in [0.1, 0.15) is 5.75 Å². The van der Waals surface area contributed by atoms with Crippen molar-refractivity contribution in [2.75, 3.05) is 19.8 Å². The maximum Gasteiger partial charge on any atom is 0.311 e. The van der Waals surface area contributed by atoms with E-state index in [-0.39, 0.29) is 12.5 Å². The van der Waals surface area contributed by atoms with E-state index in [1.165, 1.54) is 12.8 Å². The van der Waals surface area contributed by atoms with E-state index in [0.29, 0.717) is 45.0 Å². The topological polar surface area (TPSA) is 84.9 Å². The molecule has 2 aliphatic rings. The first-order valence-electron chi connectivity index (χ1n) is 9.91. The number of carbonyl (C=O) groups excluding carboxylic acids is 1. The minimum Gasteiger partial charge on any atom is -0.490 e. The minimum absolute atomic E-state index is 0.121. The molecule has 1 aliphatic heterocycles. The van der Waals surface area contributed by atoms with Gasteiger partial charge >= 0.3 is 5.97 Å². The number of rotatable bonds is 8. The van der Waals surface area contributed by atoms with E-state index in [1.807, 2.05) is 24.3 Å². The van der Waals surface area contributed by atoms with Crippen LogP contribution in [0.15, 0.2) is 24.3 Å². The maximum absolute atomic E-state index is 12.2. The maximum atomic E-state index is 12.2. The van der Waals surface area contributed by atoms with Crippen molar-refractivity contribution in [1.29, 1.82) is 0 Å². The zero-order valence-electron chi connectivity index (χ0n) is 15.7. The molecule has 1 aromatic carbocycles. The lowest BCUT2D eigenvalue weighted by Gasteiger charge is -2.33. The summed E-state index contributed by atoms with van der Waals surface area (Å²) in [6.45, 7) is 1.02. The van der Waals surface area contributed by atoms with Gasteiger partial charge in [-0.25, -0.2) is 0 Å². The van der Waals surface area contributed by atoms with Gasteiger partial charge in [0.2, 0.25) is 5.91 Å². The number of aliphatic carboxylic acids is 1. The van der Waals surface area contributed by atoms with Crippen LogP contribution in [0.4, 0.5) is 0 Å². The van der Waals surface area contributed by atoms with Gasteiger partial charge in [-0.3, -0.25) is 9.59 Å². The Morgan fingerprint density at radius 2 is 1.96 bits per heavy atom. The lowest BCUT2D eigenvalue weighted by molar-refractivity contribution is -0.154. The molecule has 1 amide bonds. The molecule has 0 aromatic heterocycles. The highest BCUT2D eigenvalue weighted by Crippen LogP contribution is 2.30. The molecule has 1 aliphatic carbocycles. The second kappa shape index (κ2) is 9.22. The molecule has 27 heavy (non-hydrogen) atoms. The Morgan fingerprint density at radius 3 is 2.67 bits per heavy atom. The highest BCUT2D eigenvalue weighted by molar-refractivity contribution is 5.79. The molecule has 0 atom stereocenters. The van der Waals surface area contributed by atoms with Crippen LogP contribution in [0.25, 0.3) is 0 Å². The molecule has 0 bridgehead atoms. The monoisotopic (exact) mass is 375 g/mol. The number of hydrogen-bond acceptors (Lipinski definition) is 4. The zero-order chi connectivity index (χ0) is 19.1. The minimum atomic E-state index is -0.900. The molecule has 6 heteroatoms. The summed E-state index contributed by atoms with van der Waals surface area (Å²) in [5.74, 6) is -0.112. The van der Waals surface area contributed by atoms with E-state index in [4.69, 9.17) is 9.47 Å². The molecule has 3 rings (SSSR count). The Hall–Kier alpha value is -2.08. The molecule has 1 saturated carbocycles. The molecule has 148 valence electrons. The van der Waals surface area contributed by atoms with Crippen LogP contribution in [0.1, 0.15) is 50.5 Å². The Labute approximate surface area is 160 Å². The van der Waals surface area contributed by atoms with Gasteiger partial charge in [0.25, 0.3) is 0 Å². The predicted octanol–water partition coefficient (Wildman–Crippen LogP) is 2.94. The van der Waals surface area contributed by atoms with E-state index in [1.54, 1.807) is 0 Å². The highest BCUT2D eigenvalue weighted by Gasteiger charge is 2.40. The van der Waals surface area contributed by atoms with Crippen LogP contribution in [0.5, 0.6) is 5.75 Å².